The molecule has 0 aliphatic heterocycles. The number of hydrogen-bond donors (Lipinski definition) is 2. The van der Waals surface area contributed by atoms with Gasteiger partial charge in [0.25, 0.3) is 0 Å². The Hall–Kier alpha value is -0.480. The molecule has 0 aliphatic carbocycles. The summed E-state index contributed by atoms with van der Waals surface area (Å²) in [5, 5.41) is 0. The summed E-state index contributed by atoms with van der Waals surface area (Å²) >= 11 is 0. The molecule has 0 radical (unpaired) electrons. The molecule has 0 fully saturated rings. The zero-order valence-electron chi connectivity index (χ0n) is 5.41. The Bertz CT molecular complexity index is 155. The minimum absolute atomic E-state index is 0. The normalized spacial score (nSPS) is 7.55. The first kappa shape index (κ1) is 13.1. The van der Waals surface area contributed by atoms with Crippen LogP contribution in [0.15, 0.2) is 24.8 Å². The Balaban J connectivity index is 0. The van der Waals surface area contributed by atoms with Gasteiger partial charge in [-0.15, -0.1) is 12.4 Å². The van der Waals surface area contributed by atoms with E-state index in [1.165, 1.54) is 6.33 Å². The van der Waals surface area contributed by atoms with Gasteiger partial charge in [0.2, 0.25) is 0 Å². The fraction of sp³-hybridized carbons (Fsp3) is 0. The lowest BCUT2D eigenvalue weighted by Gasteiger charge is -1.70. The van der Waals surface area contributed by atoms with E-state index >= 15 is 0 Å². The van der Waals surface area contributed by atoms with Crippen molar-refractivity contribution in [3.63, 3.8) is 0 Å². The van der Waals surface area contributed by atoms with Crippen molar-refractivity contribution in [2.45, 2.75) is 0 Å². The molecule has 5 nitrogen and oxygen atoms in total. The van der Waals surface area contributed by atoms with Gasteiger partial charge < -0.3 is 9.79 Å². The maximum absolute atomic E-state index is 8.74. The Morgan fingerprint density at radius 1 is 1.18 bits per heavy atom. The number of halogens is 1. The molecule has 0 aromatic carbocycles. The maximum Gasteiger partial charge on any atom is 0.314 e. The molecule has 0 atom stereocenters. The number of aromatic nitrogens is 2. The summed E-state index contributed by atoms with van der Waals surface area (Å²) in [6, 6.07) is 1.78. The summed E-state index contributed by atoms with van der Waals surface area (Å²) in [5.74, 6) is 0. The highest BCUT2D eigenvalue weighted by Crippen LogP contribution is 1.98. The van der Waals surface area contributed by atoms with Crippen molar-refractivity contribution in [2.75, 3.05) is 0 Å². The second-order valence-corrected chi connectivity index (χ2v) is 1.75. The molecule has 0 unspecified atom stereocenters. The number of rotatable bonds is 0. The molecule has 1 heterocycles. The summed E-state index contributed by atoms with van der Waals surface area (Å²) in [7, 11) is -3.13. The highest BCUT2D eigenvalue weighted by molar-refractivity contribution is 7.30. The Kier molecular flexibility index (Phi) is 11.4. The number of hydrogen-bond acceptors (Lipinski definition) is 3. The average Bonchev–Trinajstić information content (AvgIpc) is 1.90. The first-order valence-electron chi connectivity index (χ1n) is 2.35. The summed E-state index contributed by atoms with van der Waals surface area (Å²) in [4.78, 5) is 21.7. The van der Waals surface area contributed by atoms with Crippen LogP contribution in [0.1, 0.15) is 0 Å². The first-order chi connectivity index (χ1) is 4.73. The molecular weight excluding hydrogens is 190 g/mol. The predicted molar refractivity (Wildman–Crippen MR) is 42.7 cm³/mol. The van der Waals surface area contributed by atoms with E-state index in [1.54, 1.807) is 18.5 Å². The quantitative estimate of drug-likeness (QED) is 0.584. The van der Waals surface area contributed by atoms with E-state index in [-0.39, 0.29) is 12.4 Å². The van der Waals surface area contributed by atoms with E-state index in [9.17, 15) is 0 Å². The van der Waals surface area contributed by atoms with Crippen LogP contribution in [0, 0.1) is 0 Å². The summed E-state index contributed by atoms with van der Waals surface area (Å²) < 4.78 is 8.74. The zero-order valence-corrected chi connectivity index (χ0v) is 7.23. The van der Waals surface area contributed by atoms with E-state index < -0.39 is 8.25 Å². The molecule has 7 heteroatoms. The molecular formula is C4H8ClN2O3P. The zero-order chi connectivity index (χ0) is 7.82. The Morgan fingerprint density at radius 2 is 1.55 bits per heavy atom. The summed E-state index contributed by atoms with van der Waals surface area (Å²) in [6.07, 6.45) is 4.88. The molecule has 11 heavy (non-hydrogen) atoms. The predicted octanol–water partition coefficient (Wildman–Crippen LogP) is 0.259. The van der Waals surface area contributed by atoms with Crippen LogP contribution in [0.25, 0.3) is 0 Å². The lowest BCUT2D eigenvalue weighted by atomic mass is 10.7. The largest absolute Gasteiger partial charge is 0.326 e. The molecule has 0 amide bonds. The average molecular weight is 199 g/mol. The topological polar surface area (TPSA) is 83.3 Å². The lowest BCUT2D eigenvalue weighted by molar-refractivity contribution is 0.405. The third-order valence-corrected chi connectivity index (χ3v) is 0.478. The SMILES string of the molecule is Cl.O=[PH](O)O.c1cncnc1. The van der Waals surface area contributed by atoms with Crippen LogP contribution in [0.2, 0.25) is 0 Å². The third-order valence-electron chi connectivity index (χ3n) is 0.478. The summed E-state index contributed by atoms with van der Waals surface area (Å²) in [6.45, 7) is 0. The Labute approximate surface area is 70.5 Å². The van der Waals surface area contributed by atoms with Gasteiger partial charge in [-0.25, -0.2) is 9.97 Å². The van der Waals surface area contributed by atoms with Crippen LogP contribution in [0.3, 0.4) is 0 Å². The molecule has 1 rings (SSSR count). The molecule has 0 aliphatic rings. The second kappa shape index (κ2) is 9.52. The van der Waals surface area contributed by atoms with E-state index in [2.05, 4.69) is 9.97 Å². The van der Waals surface area contributed by atoms with Crippen LogP contribution in [0.5, 0.6) is 0 Å². The van der Waals surface area contributed by atoms with Crippen molar-refractivity contribution in [2.24, 2.45) is 0 Å². The van der Waals surface area contributed by atoms with E-state index in [4.69, 9.17) is 14.4 Å². The van der Waals surface area contributed by atoms with Gasteiger partial charge in [-0.05, 0) is 6.07 Å². The smallest absolute Gasteiger partial charge is 0.314 e. The highest BCUT2D eigenvalue weighted by Gasteiger charge is 1.61. The molecule has 64 valence electrons. The van der Waals surface area contributed by atoms with Crippen molar-refractivity contribution >= 4 is 20.7 Å². The highest BCUT2D eigenvalue weighted by atomic mass is 35.5. The van der Waals surface area contributed by atoms with Crippen molar-refractivity contribution in [3.8, 4) is 0 Å². The van der Waals surface area contributed by atoms with Gasteiger partial charge in [-0.1, -0.05) is 0 Å². The van der Waals surface area contributed by atoms with Crippen molar-refractivity contribution in [3.05, 3.63) is 24.8 Å². The number of nitrogens with zero attached hydrogens (tertiary/aromatic N) is 2. The van der Waals surface area contributed by atoms with Gasteiger partial charge in [0.15, 0.2) is 0 Å². The molecule has 0 spiro atoms. The van der Waals surface area contributed by atoms with Crippen LogP contribution >= 0.6 is 20.7 Å². The van der Waals surface area contributed by atoms with Crippen LogP contribution < -0.4 is 0 Å². The van der Waals surface area contributed by atoms with Gasteiger partial charge in [0.1, 0.15) is 6.33 Å². The standard InChI is InChI=1S/C4H4N2.ClH.H3O3P/c1-2-5-4-6-3-1;;1-4(2)3/h1-4H;1H;4H,(H2,1,2,3). The minimum atomic E-state index is -3.13. The van der Waals surface area contributed by atoms with Crippen molar-refractivity contribution in [1.82, 2.24) is 9.97 Å². The Morgan fingerprint density at radius 3 is 1.64 bits per heavy atom. The van der Waals surface area contributed by atoms with Crippen molar-refractivity contribution in [1.29, 1.82) is 0 Å². The van der Waals surface area contributed by atoms with Crippen LogP contribution in [-0.2, 0) is 4.57 Å². The van der Waals surface area contributed by atoms with Gasteiger partial charge in [0.05, 0.1) is 0 Å². The van der Waals surface area contributed by atoms with E-state index in [1.807, 2.05) is 0 Å². The minimum Gasteiger partial charge on any atom is -0.326 e. The fourth-order valence-electron chi connectivity index (χ4n) is 0.253. The van der Waals surface area contributed by atoms with Gasteiger partial charge in [-0.3, -0.25) is 4.57 Å². The monoisotopic (exact) mass is 198 g/mol. The molecule has 2 N–H and O–H groups in total. The second-order valence-electron chi connectivity index (χ2n) is 1.19. The van der Waals surface area contributed by atoms with Gasteiger partial charge in [0, 0.05) is 12.4 Å². The van der Waals surface area contributed by atoms with Gasteiger partial charge >= 0.3 is 8.25 Å². The molecule has 0 saturated carbocycles. The maximum atomic E-state index is 8.74. The first-order valence-corrected chi connectivity index (χ1v) is 3.65. The lowest BCUT2D eigenvalue weighted by Crippen LogP contribution is -1.66. The summed E-state index contributed by atoms with van der Waals surface area (Å²) in [5.41, 5.74) is 0. The van der Waals surface area contributed by atoms with E-state index in [0.717, 1.165) is 0 Å². The van der Waals surface area contributed by atoms with E-state index in [0.29, 0.717) is 0 Å². The van der Waals surface area contributed by atoms with Crippen molar-refractivity contribution < 1.29 is 14.4 Å². The molecule has 0 saturated heterocycles. The van der Waals surface area contributed by atoms with Crippen LogP contribution in [0.4, 0.5) is 0 Å². The van der Waals surface area contributed by atoms with Gasteiger partial charge in [-0.2, -0.15) is 0 Å². The van der Waals surface area contributed by atoms with Crippen LogP contribution in [-0.4, -0.2) is 19.8 Å². The molecule has 1 aromatic rings. The molecule has 1 aromatic heterocycles. The molecule has 0 bridgehead atoms. The third kappa shape index (κ3) is 17.7. The fourth-order valence-corrected chi connectivity index (χ4v) is 0.253.